The summed E-state index contributed by atoms with van der Waals surface area (Å²) in [6.07, 6.45) is 2.24. The predicted octanol–water partition coefficient (Wildman–Crippen LogP) is 4.98. The van der Waals surface area contributed by atoms with Gasteiger partial charge in [-0.1, -0.05) is 53.5 Å². The fraction of sp³-hybridized carbons (Fsp3) is 0.294. The molecule has 20 heavy (non-hydrogen) atoms. The van der Waals surface area contributed by atoms with E-state index in [9.17, 15) is 0 Å². The van der Waals surface area contributed by atoms with Crippen LogP contribution in [0.4, 0.5) is 0 Å². The van der Waals surface area contributed by atoms with E-state index in [1.165, 1.54) is 16.7 Å². The average Bonchev–Trinajstić information content (AvgIpc) is 2.49. The normalized spacial score (nSPS) is 21.6. The number of aryl methyl sites for hydroxylation is 1. The topological polar surface area (TPSA) is 12.0 Å². The summed E-state index contributed by atoms with van der Waals surface area (Å²) in [5, 5.41) is 4.72. The van der Waals surface area contributed by atoms with Gasteiger partial charge in [0, 0.05) is 12.0 Å². The van der Waals surface area contributed by atoms with E-state index in [-0.39, 0.29) is 0 Å². The van der Waals surface area contributed by atoms with Crippen molar-refractivity contribution in [2.24, 2.45) is 0 Å². The first-order chi connectivity index (χ1) is 9.70. The van der Waals surface area contributed by atoms with Crippen LogP contribution in [0.3, 0.4) is 0 Å². The second kappa shape index (κ2) is 5.77. The Kier molecular flexibility index (Phi) is 4.02. The van der Waals surface area contributed by atoms with E-state index in [1.54, 1.807) is 0 Å². The van der Waals surface area contributed by atoms with E-state index >= 15 is 0 Å². The lowest BCUT2D eigenvalue weighted by molar-refractivity contribution is 0.428. The van der Waals surface area contributed by atoms with Gasteiger partial charge in [-0.05, 0) is 48.7 Å². The quantitative estimate of drug-likeness (QED) is 0.824. The number of halogens is 2. The van der Waals surface area contributed by atoms with E-state index in [4.69, 9.17) is 23.2 Å². The molecule has 1 aliphatic rings. The minimum absolute atomic E-state index is 0.331. The number of fused-ring (bicyclic) bond motifs is 1. The van der Waals surface area contributed by atoms with E-state index < -0.39 is 0 Å². The molecule has 2 aromatic rings. The standard InChI is InChI=1S/C17H17Cl2N/c1-20-17-13-5-3-2-4-11(13)6-8-14(17)12-7-9-15(18)16(19)10-12/h2-5,7,9-10,14,17,20H,6,8H2,1H3. The van der Waals surface area contributed by atoms with Crippen LogP contribution in [-0.4, -0.2) is 7.05 Å². The zero-order chi connectivity index (χ0) is 14.1. The number of nitrogens with one attached hydrogen (secondary N) is 1. The molecule has 104 valence electrons. The lowest BCUT2D eigenvalue weighted by Gasteiger charge is -2.34. The van der Waals surface area contributed by atoms with Crippen LogP contribution in [0.5, 0.6) is 0 Å². The maximum Gasteiger partial charge on any atom is 0.0595 e. The largest absolute Gasteiger partial charge is 0.312 e. The molecule has 1 N–H and O–H groups in total. The highest BCUT2D eigenvalue weighted by Gasteiger charge is 2.29. The van der Waals surface area contributed by atoms with Gasteiger partial charge in [0.05, 0.1) is 10.0 Å². The third-order valence-electron chi connectivity index (χ3n) is 4.20. The first-order valence-corrected chi connectivity index (χ1v) is 7.66. The maximum atomic E-state index is 6.17. The highest BCUT2D eigenvalue weighted by atomic mass is 35.5. The Morgan fingerprint density at radius 1 is 1.05 bits per heavy atom. The van der Waals surface area contributed by atoms with Gasteiger partial charge < -0.3 is 5.32 Å². The van der Waals surface area contributed by atoms with Crippen LogP contribution in [0.2, 0.25) is 10.0 Å². The summed E-state index contributed by atoms with van der Waals surface area (Å²) in [6.45, 7) is 0. The molecule has 0 saturated heterocycles. The molecule has 3 rings (SSSR count). The smallest absolute Gasteiger partial charge is 0.0595 e. The Labute approximate surface area is 129 Å². The molecule has 2 unspecified atom stereocenters. The zero-order valence-corrected chi connectivity index (χ0v) is 12.9. The molecule has 0 heterocycles. The van der Waals surface area contributed by atoms with Crippen molar-refractivity contribution in [3.8, 4) is 0 Å². The van der Waals surface area contributed by atoms with E-state index in [0.29, 0.717) is 22.0 Å². The van der Waals surface area contributed by atoms with Crippen LogP contribution >= 0.6 is 23.2 Å². The van der Waals surface area contributed by atoms with E-state index in [1.807, 2.05) is 19.2 Å². The van der Waals surface area contributed by atoms with Crippen molar-refractivity contribution < 1.29 is 0 Å². The number of rotatable bonds is 2. The van der Waals surface area contributed by atoms with Crippen LogP contribution in [-0.2, 0) is 6.42 Å². The van der Waals surface area contributed by atoms with E-state index in [0.717, 1.165) is 12.8 Å². The van der Waals surface area contributed by atoms with Gasteiger partial charge in [-0.25, -0.2) is 0 Å². The van der Waals surface area contributed by atoms with Crippen LogP contribution in [0.15, 0.2) is 42.5 Å². The number of benzene rings is 2. The molecule has 0 aromatic heterocycles. The number of hydrogen-bond acceptors (Lipinski definition) is 1. The van der Waals surface area contributed by atoms with Gasteiger partial charge in [0.25, 0.3) is 0 Å². The fourth-order valence-corrected chi connectivity index (χ4v) is 3.53. The van der Waals surface area contributed by atoms with Crippen molar-refractivity contribution in [1.82, 2.24) is 5.32 Å². The summed E-state index contributed by atoms with van der Waals surface area (Å²) in [5.41, 5.74) is 4.11. The van der Waals surface area contributed by atoms with Gasteiger partial charge >= 0.3 is 0 Å². The maximum absolute atomic E-state index is 6.17. The zero-order valence-electron chi connectivity index (χ0n) is 11.4. The molecule has 1 aliphatic carbocycles. The predicted molar refractivity (Wildman–Crippen MR) is 85.8 cm³/mol. The molecular weight excluding hydrogens is 289 g/mol. The Bertz CT molecular complexity index is 624. The van der Waals surface area contributed by atoms with Crippen molar-refractivity contribution >= 4 is 23.2 Å². The molecule has 1 nitrogen and oxygen atoms in total. The van der Waals surface area contributed by atoms with Crippen molar-refractivity contribution in [1.29, 1.82) is 0 Å². The minimum Gasteiger partial charge on any atom is -0.312 e. The first-order valence-electron chi connectivity index (χ1n) is 6.90. The van der Waals surface area contributed by atoms with Crippen molar-refractivity contribution in [2.45, 2.75) is 24.8 Å². The Morgan fingerprint density at radius 3 is 2.60 bits per heavy atom. The monoisotopic (exact) mass is 305 g/mol. The van der Waals surface area contributed by atoms with Crippen LogP contribution in [0.25, 0.3) is 0 Å². The van der Waals surface area contributed by atoms with Crippen LogP contribution in [0, 0.1) is 0 Å². The van der Waals surface area contributed by atoms with Crippen LogP contribution < -0.4 is 5.32 Å². The Hall–Kier alpha value is -1.02. The van der Waals surface area contributed by atoms with Crippen molar-refractivity contribution in [3.63, 3.8) is 0 Å². The van der Waals surface area contributed by atoms with Gasteiger partial charge in [0.15, 0.2) is 0 Å². The summed E-state index contributed by atoms with van der Waals surface area (Å²) in [7, 11) is 2.03. The Morgan fingerprint density at radius 2 is 1.85 bits per heavy atom. The third-order valence-corrected chi connectivity index (χ3v) is 4.94. The molecule has 0 saturated carbocycles. The molecule has 2 aromatic carbocycles. The fourth-order valence-electron chi connectivity index (χ4n) is 3.22. The highest BCUT2D eigenvalue weighted by Crippen LogP contribution is 2.41. The number of likely N-dealkylation sites (N-methyl/N-ethyl adjacent to an activating group) is 1. The molecule has 0 aliphatic heterocycles. The lowest BCUT2D eigenvalue weighted by Crippen LogP contribution is -2.28. The number of hydrogen-bond donors (Lipinski definition) is 1. The second-order valence-electron chi connectivity index (χ2n) is 5.28. The van der Waals surface area contributed by atoms with E-state index in [2.05, 4.69) is 35.6 Å². The molecule has 3 heteroatoms. The Balaban J connectivity index is 2.00. The molecular formula is C17H17Cl2N. The average molecular weight is 306 g/mol. The van der Waals surface area contributed by atoms with Crippen molar-refractivity contribution in [2.75, 3.05) is 7.05 Å². The second-order valence-corrected chi connectivity index (χ2v) is 6.10. The first kappa shape index (κ1) is 13.9. The lowest BCUT2D eigenvalue weighted by atomic mass is 9.76. The molecule has 0 fully saturated rings. The van der Waals surface area contributed by atoms with Gasteiger partial charge in [-0.2, -0.15) is 0 Å². The van der Waals surface area contributed by atoms with Gasteiger partial charge in [0.1, 0.15) is 0 Å². The molecule has 0 radical (unpaired) electrons. The molecule has 2 atom stereocenters. The van der Waals surface area contributed by atoms with Crippen molar-refractivity contribution in [3.05, 3.63) is 69.2 Å². The minimum atomic E-state index is 0.331. The molecule has 0 bridgehead atoms. The molecule has 0 spiro atoms. The van der Waals surface area contributed by atoms with Gasteiger partial charge in [0.2, 0.25) is 0 Å². The van der Waals surface area contributed by atoms with Crippen LogP contribution in [0.1, 0.15) is 35.1 Å². The summed E-state index contributed by atoms with van der Waals surface area (Å²) < 4.78 is 0. The summed E-state index contributed by atoms with van der Waals surface area (Å²) >= 11 is 12.2. The highest BCUT2D eigenvalue weighted by molar-refractivity contribution is 6.42. The molecule has 0 amide bonds. The summed E-state index contributed by atoms with van der Waals surface area (Å²) in [4.78, 5) is 0. The van der Waals surface area contributed by atoms with Gasteiger partial charge in [-0.15, -0.1) is 0 Å². The summed E-state index contributed by atoms with van der Waals surface area (Å²) in [5.74, 6) is 0.435. The SMILES string of the molecule is CNC1c2ccccc2CCC1c1ccc(Cl)c(Cl)c1. The van der Waals surface area contributed by atoms with Gasteiger partial charge in [-0.3, -0.25) is 0 Å². The third kappa shape index (κ3) is 2.46. The summed E-state index contributed by atoms with van der Waals surface area (Å²) in [6, 6.07) is 15.0.